The Bertz CT molecular complexity index is 737. The first-order valence-corrected chi connectivity index (χ1v) is 8.23. The van der Waals surface area contributed by atoms with Crippen molar-refractivity contribution in [2.75, 3.05) is 31.2 Å². The molecule has 1 aromatic carbocycles. The molecule has 0 atom stereocenters. The third kappa shape index (κ3) is 3.57. The fourth-order valence-electron chi connectivity index (χ4n) is 2.78. The second kappa shape index (κ2) is 7.01. The summed E-state index contributed by atoms with van der Waals surface area (Å²) in [4.78, 5) is 18.2. The Labute approximate surface area is 141 Å². The first-order chi connectivity index (χ1) is 11.5. The van der Waals surface area contributed by atoms with Crippen molar-refractivity contribution in [2.24, 2.45) is 0 Å². The average molecular weight is 326 g/mol. The van der Waals surface area contributed by atoms with Crippen LogP contribution in [0.2, 0.25) is 0 Å². The van der Waals surface area contributed by atoms with Crippen molar-refractivity contribution < 1.29 is 14.6 Å². The van der Waals surface area contributed by atoms with Crippen LogP contribution in [0.25, 0.3) is 11.3 Å². The second-order valence-electron chi connectivity index (χ2n) is 6.28. The molecule has 2 aromatic rings. The maximum absolute atomic E-state index is 11.2. The monoisotopic (exact) mass is 326 g/mol. The zero-order chi connectivity index (χ0) is 17.1. The number of aromatic carboxylic acids is 1. The first kappa shape index (κ1) is 16.5. The molecule has 0 radical (unpaired) electrons. The van der Waals surface area contributed by atoms with Crippen LogP contribution in [0, 0.1) is 0 Å². The van der Waals surface area contributed by atoms with Gasteiger partial charge in [-0.2, -0.15) is 0 Å². The van der Waals surface area contributed by atoms with Crippen molar-refractivity contribution >= 4 is 11.8 Å². The van der Waals surface area contributed by atoms with Crippen LogP contribution < -0.4 is 4.90 Å². The topological polar surface area (TPSA) is 62.7 Å². The van der Waals surface area contributed by atoms with E-state index in [0.717, 1.165) is 30.2 Å². The smallest absolute Gasteiger partial charge is 0.335 e. The number of ether oxygens (including phenoxy) is 1. The predicted molar refractivity (Wildman–Crippen MR) is 93.8 cm³/mol. The van der Waals surface area contributed by atoms with Crippen molar-refractivity contribution in [3.05, 3.63) is 47.5 Å². The van der Waals surface area contributed by atoms with E-state index in [1.165, 1.54) is 5.56 Å². The Morgan fingerprint density at radius 2 is 1.96 bits per heavy atom. The highest BCUT2D eigenvalue weighted by atomic mass is 16.5. The number of morpholine rings is 1. The zero-order valence-corrected chi connectivity index (χ0v) is 14.0. The quantitative estimate of drug-likeness (QED) is 0.933. The van der Waals surface area contributed by atoms with E-state index in [0.29, 0.717) is 19.1 Å². The van der Waals surface area contributed by atoms with Crippen LogP contribution in [0.1, 0.15) is 35.7 Å². The Balaban J connectivity index is 2.04. The molecule has 1 aliphatic heterocycles. The number of hydrogen-bond donors (Lipinski definition) is 1. The van der Waals surface area contributed by atoms with Crippen LogP contribution in [0.15, 0.2) is 36.4 Å². The second-order valence-corrected chi connectivity index (χ2v) is 6.28. The van der Waals surface area contributed by atoms with Crippen LogP contribution in [-0.2, 0) is 4.74 Å². The molecular formula is C19H22N2O3. The number of carbonyl (C=O) groups is 1. The molecule has 1 fully saturated rings. The van der Waals surface area contributed by atoms with Crippen molar-refractivity contribution in [2.45, 2.75) is 19.8 Å². The minimum Gasteiger partial charge on any atom is -0.478 e. The molecule has 5 heteroatoms. The summed E-state index contributed by atoms with van der Waals surface area (Å²) in [5, 5.41) is 9.21. The Morgan fingerprint density at radius 1 is 1.21 bits per heavy atom. The molecule has 1 saturated heterocycles. The summed E-state index contributed by atoms with van der Waals surface area (Å²) >= 11 is 0. The van der Waals surface area contributed by atoms with Gasteiger partial charge in [-0.1, -0.05) is 26.0 Å². The summed E-state index contributed by atoms with van der Waals surface area (Å²) in [6.45, 7) is 7.35. The van der Waals surface area contributed by atoms with Gasteiger partial charge in [-0.25, -0.2) is 9.78 Å². The Kier molecular flexibility index (Phi) is 4.81. The van der Waals surface area contributed by atoms with E-state index in [4.69, 9.17) is 9.72 Å². The lowest BCUT2D eigenvalue weighted by Crippen LogP contribution is -2.36. The lowest BCUT2D eigenvalue weighted by molar-refractivity contribution is 0.0697. The van der Waals surface area contributed by atoms with Gasteiger partial charge in [-0.3, -0.25) is 0 Å². The summed E-state index contributed by atoms with van der Waals surface area (Å²) < 4.78 is 5.42. The fraction of sp³-hybridized carbons (Fsp3) is 0.368. The summed E-state index contributed by atoms with van der Waals surface area (Å²) in [7, 11) is 0. The zero-order valence-electron chi connectivity index (χ0n) is 14.0. The van der Waals surface area contributed by atoms with E-state index in [-0.39, 0.29) is 5.56 Å². The minimum absolute atomic E-state index is 0.275. The van der Waals surface area contributed by atoms with E-state index in [1.54, 1.807) is 18.2 Å². The molecule has 2 heterocycles. The number of anilines is 1. The molecule has 0 bridgehead atoms. The average Bonchev–Trinajstić information content (AvgIpc) is 2.62. The normalized spacial score (nSPS) is 14.9. The standard InChI is InChI=1S/C19H22N2O3/c1-13(2)16-11-17(14-4-3-5-15(10-14)19(22)23)20-18(12-16)21-6-8-24-9-7-21/h3-5,10-13H,6-9H2,1-2H3,(H,22,23). The van der Waals surface area contributed by atoms with Gasteiger partial charge in [-0.05, 0) is 35.7 Å². The lowest BCUT2D eigenvalue weighted by atomic mass is 10.00. The van der Waals surface area contributed by atoms with Gasteiger partial charge in [0.2, 0.25) is 0 Å². The van der Waals surface area contributed by atoms with Crippen LogP contribution in [0.5, 0.6) is 0 Å². The van der Waals surface area contributed by atoms with Gasteiger partial charge in [0.05, 0.1) is 24.5 Å². The third-order valence-corrected chi connectivity index (χ3v) is 4.24. The van der Waals surface area contributed by atoms with Gasteiger partial charge in [0, 0.05) is 18.7 Å². The van der Waals surface area contributed by atoms with Crippen molar-refractivity contribution in [3.63, 3.8) is 0 Å². The van der Waals surface area contributed by atoms with E-state index < -0.39 is 5.97 Å². The van der Waals surface area contributed by atoms with Gasteiger partial charge >= 0.3 is 5.97 Å². The number of nitrogens with zero attached hydrogens (tertiary/aromatic N) is 2. The molecule has 0 spiro atoms. The molecule has 24 heavy (non-hydrogen) atoms. The van der Waals surface area contributed by atoms with E-state index in [2.05, 4.69) is 30.9 Å². The molecule has 126 valence electrons. The maximum atomic E-state index is 11.2. The van der Waals surface area contributed by atoms with Crippen molar-refractivity contribution in [1.29, 1.82) is 0 Å². The minimum atomic E-state index is -0.926. The van der Waals surface area contributed by atoms with E-state index >= 15 is 0 Å². The van der Waals surface area contributed by atoms with E-state index in [9.17, 15) is 9.90 Å². The molecule has 5 nitrogen and oxygen atoms in total. The number of hydrogen-bond acceptors (Lipinski definition) is 4. The molecule has 1 N–H and O–H groups in total. The van der Waals surface area contributed by atoms with E-state index in [1.807, 2.05) is 6.07 Å². The summed E-state index contributed by atoms with van der Waals surface area (Å²) in [6.07, 6.45) is 0. The number of rotatable bonds is 4. The number of pyridine rings is 1. The van der Waals surface area contributed by atoms with Gasteiger partial charge in [0.15, 0.2) is 0 Å². The van der Waals surface area contributed by atoms with Crippen LogP contribution >= 0.6 is 0 Å². The molecule has 0 saturated carbocycles. The number of carboxylic acids is 1. The number of benzene rings is 1. The van der Waals surface area contributed by atoms with Crippen molar-refractivity contribution in [3.8, 4) is 11.3 Å². The highest BCUT2D eigenvalue weighted by Gasteiger charge is 2.16. The maximum Gasteiger partial charge on any atom is 0.335 e. The predicted octanol–water partition coefficient (Wildman–Crippen LogP) is 3.41. The molecule has 3 rings (SSSR count). The van der Waals surface area contributed by atoms with Crippen LogP contribution in [-0.4, -0.2) is 42.4 Å². The van der Waals surface area contributed by atoms with Crippen LogP contribution in [0.3, 0.4) is 0 Å². The Morgan fingerprint density at radius 3 is 2.62 bits per heavy atom. The SMILES string of the molecule is CC(C)c1cc(-c2cccc(C(=O)O)c2)nc(N2CCOCC2)c1. The van der Waals surface area contributed by atoms with Gasteiger partial charge < -0.3 is 14.7 Å². The molecule has 0 amide bonds. The lowest BCUT2D eigenvalue weighted by Gasteiger charge is -2.29. The largest absolute Gasteiger partial charge is 0.478 e. The first-order valence-electron chi connectivity index (χ1n) is 8.23. The molecule has 0 aliphatic carbocycles. The number of aromatic nitrogens is 1. The summed E-state index contributed by atoms with van der Waals surface area (Å²) in [6, 6.07) is 11.1. The van der Waals surface area contributed by atoms with Gasteiger partial charge in [0.1, 0.15) is 5.82 Å². The summed E-state index contributed by atoms with van der Waals surface area (Å²) in [5.74, 6) is 0.375. The molecule has 1 aromatic heterocycles. The van der Waals surface area contributed by atoms with Crippen molar-refractivity contribution in [1.82, 2.24) is 4.98 Å². The highest BCUT2D eigenvalue weighted by molar-refractivity contribution is 5.89. The van der Waals surface area contributed by atoms with Crippen LogP contribution in [0.4, 0.5) is 5.82 Å². The molecular weight excluding hydrogens is 304 g/mol. The Hall–Kier alpha value is -2.40. The molecule has 1 aliphatic rings. The van der Waals surface area contributed by atoms with Gasteiger partial charge in [-0.15, -0.1) is 0 Å². The fourth-order valence-corrected chi connectivity index (χ4v) is 2.78. The van der Waals surface area contributed by atoms with Gasteiger partial charge in [0.25, 0.3) is 0 Å². The summed E-state index contributed by atoms with van der Waals surface area (Å²) in [5.41, 5.74) is 3.11. The highest BCUT2D eigenvalue weighted by Crippen LogP contribution is 2.28. The molecule has 0 unspecified atom stereocenters. The third-order valence-electron chi connectivity index (χ3n) is 4.24. The number of carboxylic acid groups (broad SMARTS) is 1.